The van der Waals surface area contributed by atoms with Crippen LogP contribution in [0.2, 0.25) is 0 Å². The molecule has 10 nitrogen and oxygen atoms in total. The average Bonchev–Trinajstić information content (AvgIpc) is 3.25. The maximum absolute atomic E-state index is 13.6. The van der Waals surface area contributed by atoms with Crippen LogP contribution in [0, 0.1) is 0 Å². The van der Waals surface area contributed by atoms with E-state index in [1.54, 1.807) is 13.8 Å². The Morgan fingerprint density at radius 2 is 1.78 bits per heavy atom. The minimum Gasteiger partial charge on any atom is -0.494 e. The minimum absolute atomic E-state index is 0.294. The molecule has 194 valence electrons. The van der Waals surface area contributed by atoms with Crippen LogP contribution in [0.1, 0.15) is 51.3 Å². The van der Waals surface area contributed by atoms with Crippen LogP contribution in [-0.4, -0.2) is 64.5 Å². The molecular formula is C24H30BrN5O5S. The maximum Gasteiger partial charge on any atom is 0.165 e. The molecule has 0 aliphatic carbocycles. The van der Waals surface area contributed by atoms with Crippen molar-refractivity contribution in [2.24, 2.45) is 0 Å². The number of aromatic nitrogens is 5. The lowest BCUT2D eigenvalue weighted by molar-refractivity contribution is -0.258. The van der Waals surface area contributed by atoms with Crippen molar-refractivity contribution in [3.63, 3.8) is 0 Å². The zero-order valence-corrected chi connectivity index (χ0v) is 23.3. The van der Waals surface area contributed by atoms with Gasteiger partial charge in [0.25, 0.3) is 0 Å². The van der Waals surface area contributed by atoms with Gasteiger partial charge >= 0.3 is 0 Å². The molecule has 0 bridgehead atoms. The Balaban J connectivity index is 1.66. The van der Waals surface area contributed by atoms with Gasteiger partial charge in [0.1, 0.15) is 17.4 Å². The first-order chi connectivity index (χ1) is 17.0. The van der Waals surface area contributed by atoms with E-state index in [0.29, 0.717) is 36.4 Å². The monoisotopic (exact) mass is 579 g/mol. The zero-order chi connectivity index (χ0) is 26.1. The predicted molar refractivity (Wildman–Crippen MR) is 137 cm³/mol. The number of methoxy groups -OCH3 is 1. The van der Waals surface area contributed by atoms with E-state index in [1.807, 2.05) is 42.7 Å². The van der Waals surface area contributed by atoms with Gasteiger partial charge in [0.2, 0.25) is 0 Å². The van der Waals surface area contributed by atoms with Crippen LogP contribution in [0.4, 0.5) is 0 Å². The Kier molecular flexibility index (Phi) is 7.79. The molecule has 2 aromatic heterocycles. The van der Waals surface area contributed by atoms with Crippen molar-refractivity contribution < 1.29 is 22.6 Å². The fraction of sp³-hybridized carbons (Fsp3) is 0.500. The molecule has 12 heteroatoms. The molecule has 1 saturated heterocycles. The third-order valence-corrected chi connectivity index (χ3v) is 9.28. The molecule has 1 aromatic carbocycles. The smallest absolute Gasteiger partial charge is 0.165 e. The summed E-state index contributed by atoms with van der Waals surface area (Å²) < 4.78 is 46.6. The summed E-state index contributed by atoms with van der Waals surface area (Å²) in [6, 6.07) is 7.31. The molecule has 0 unspecified atom stereocenters. The Labute approximate surface area is 219 Å². The summed E-state index contributed by atoms with van der Waals surface area (Å²) in [6.45, 7) is 7.83. The second-order valence-electron chi connectivity index (χ2n) is 9.25. The number of halogens is 1. The fourth-order valence-corrected chi connectivity index (χ4v) is 5.99. The number of nitrogens with zero attached hydrogens (tertiary/aromatic N) is 5. The summed E-state index contributed by atoms with van der Waals surface area (Å²) in [5.74, 6) is 0.351. The molecule has 3 aromatic rings. The largest absolute Gasteiger partial charge is 0.494 e. The van der Waals surface area contributed by atoms with Gasteiger partial charge in [0, 0.05) is 16.0 Å². The molecule has 0 radical (unpaired) electrons. The van der Waals surface area contributed by atoms with E-state index in [1.165, 1.54) is 19.5 Å². The summed E-state index contributed by atoms with van der Waals surface area (Å²) in [4.78, 5) is 8.55. The molecule has 1 fully saturated rings. The molecule has 3 heterocycles. The molecule has 0 N–H and O–H groups in total. The fourth-order valence-electron chi connectivity index (χ4n) is 3.96. The molecule has 1 aliphatic rings. The van der Waals surface area contributed by atoms with Gasteiger partial charge in [-0.1, -0.05) is 41.1 Å². The Hall–Kier alpha value is -2.41. The molecule has 1 aliphatic heterocycles. The summed E-state index contributed by atoms with van der Waals surface area (Å²) in [5, 5.41) is 7.95. The van der Waals surface area contributed by atoms with Crippen molar-refractivity contribution in [2.45, 2.75) is 56.4 Å². The SMILES string of the molecule is COc1cnc([C@@H](C)[C@H](C)S(=O)(=O)Cc2nnc(-c3ccccc3Br)n2C2COC(C)(C)OC2)nc1. The minimum atomic E-state index is -3.67. The predicted octanol–water partition coefficient (Wildman–Crippen LogP) is 3.94. The van der Waals surface area contributed by atoms with E-state index in [9.17, 15) is 8.42 Å². The van der Waals surface area contributed by atoms with Gasteiger partial charge in [-0.05, 0) is 26.8 Å². The van der Waals surface area contributed by atoms with Crippen LogP contribution in [0.3, 0.4) is 0 Å². The normalized spacial score (nSPS) is 18.1. The number of hydrogen-bond acceptors (Lipinski definition) is 9. The van der Waals surface area contributed by atoms with Gasteiger partial charge in [-0.3, -0.25) is 0 Å². The molecule has 36 heavy (non-hydrogen) atoms. The Bertz CT molecular complexity index is 1300. The highest BCUT2D eigenvalue weighted by molar-refractivity contribution is 9.10. The van der Waals surface area contributed by atoms with Crippen molar-refractivity contribution >= 4 is 25.8 Å². The van der Waals surface area contributed by atoms with Crippen molar-refractivity contribution in [3.8, 4) is 17.1 Å². The molecule has 0 saturated carbocycles. The van der Waals surface area contributed by atoms with Gasteiger partial charge in [-0.2, -0.15) is 0 Å². The summed E-state index contributed by atoms with van der Waals surface area (Å²) in [6.07, 6.45) is 3.06. The first kappa shape index (κ1) is 26.6. The molecule has 0 spiro atoms. The standard InChI is InChI=1S/C24H30BrN5O5S/c1-15(22-26-10-18(33-5)11-27-22)16(2)36(31,32)14-21-28-29-23(19-8-6-7-9-20(19)25)30(21)17-12-34-24(3,4)35-13-17/h6-11,15-17H,12-14H2,1-5H3/t15-,16-/m0/s1. The third kappa shape index (κ3) is 5.61. The summed E-state index contributed by atoms with van der Waals surface area (Å²) in [7, 11) is -2.14. The van der Waals surface area contributed by atoms with E-state index < -0.39 is 26.8 Å². The number of benzene rings is 1. The van der Waals surface area contributed by atoms with Crippen molar-refractivity contribution in [1.82, 2.24) is 24.7 Å². The van der Waals surface area contributed by atoms with Crippen LogP contribution in [0.5, 0.6) is 5.75 Å². The van der Waals surface area contributed by atoms with E-state index in [2.05, 4.69) is 36.1 Å². The quantitative estimate of drug-likeness (QED) is 0.391. The molecule has 0 amide bonds. The summed E-state index contributed by atoms with van der Waals surface area (Å²) >= 11 is 3.57. The van der Waals surface area contributed by atoms with Crippen LogP contribution in [-0.2, 0) is 25.1 Å². The molecular weight excluding hydrogens is 550 g/mol. The topological polar surface area (TPSA) is 118 Å². The maximum atomic E-state index is 13.6. The second-order valence-corrected chi connectivity index (χ2v) is 12.5. The number of hydrogen-bond donors (Lipinski definition) is 0. The van der Waals surface area contributed by atoms with Crippen LogP contribution < -0.4 is 4.74 Å². The molecule has 4 rings (SSSR count). The van der Waals surface area contributed by atoms with E-state index in [4.69, 9.17) is 14.2 Å². The third-order valence-electron chi connectivity index (χ3n) is 6.38. The Morgan fingerprint density at radius 3 is 2.39 bits per heavy atom. The van der Waals surface area contributed by atoms with Crippen LogP contribution in [0.25, 0.3) is 11.4 Å². The van der Waals surface area contributed by atoms with Crippen molar-refractivity contribution in [2.75, 3.05) is 20.3 Å². The first-order valence-corrected chi connectivity index (χ1v) is 14.1. The van der Waals surface area contributed by atoms with Gasteiger partial charge in [0.15, 0.2) is 27.2 Å². The van der Waals surface area contributed by atoms with E-state index >= 15 is 0 Å². The van der Waals surface area contributed by atoms with Crippen molar-refractivity contribution in [3.05, 3.63) is 52.8 Å². The Morgan fingerprint density at radius 1 is 1.14 bits per heavy atom. The second kappa shape index (κ2) is 10.5. The first-order valence-electron chi connectivity index (χ1n) is 11.6. The van der Waals surface area contributed by atoms with Crippen molar-refractivity contribution in [1.29, 1.82) is 0 Å². The lowest BCUT2D eigenvalue weighted by atomic mass is 10.1. The van der Waals surface area contributed by atoms with Crippen LogP contribution in [0.15, 0.2) is 41.1 Å². The summed E-state index contributed by atoms with van der Waals surface area (Å²) in [5.41, 5.74) is 0.798. The molecule has 2 atom stereocenters. The number of ether oxygens (including phenoxy) is 3. The number of rotatable bonds is 8. The lowest BCUT2D eigenvalue weighted by Crippen LogP contribution is -2.41. The lowest BCUT2D eigenvalue weighted by Gasteiger charge is -2.36. The average molecular weight is 581 g/mol. The van der Waals surface area contributed by atoms with Gasteiger partial charge < -0.3 is 18.8 Å². The van der Waals surface area contributed by atoms with E-state index in [0.717, 1.165) is 10.0 Å². The highest BCUT2D eigenvalue weighted by Gasteiger charge is 2.36. The number of sulfone groups is 1. The van der Waals surface area contributed by atoms with Crippen LogP contribution >= 0.6 is 15.9 Å². The zero-order valence-electron chi connectivity index (χ0n) is 20.9. The highest BCUT2D eigenvalue weighted by Crippen LogP contribution is 2.33. The van der Waals surface area contributed by atoms with Gasteiger partial charge in [0.05, 0.1) is 44.0 Å². The van der Waals surface area contributed by atoms with Gasteiger partial charge in [-0.15, -0.1) is 10.2 Å². The van der Waals surface area contributed by atoms with E-state index in [-0.39, 0.29) is 11.8 Å². The van der Waals surface area contributed by atoms with Gasteiger partial charge in [-0.25, -0.2) is 18.4 Å². The highest BCUT2D eigenvalue weighted by atomic mass is 79.9.